The zero-order valence-electron chi connectivity index (χ0n) is 16.0. The highest BCUT2D eigenvalue weighted by atomic mass is 35.5. The minimum Gasteiger partial charge on any atom is -0.354 e. The van der Waals surface area contributed by atoms with Crippen molar-refractivity contribution in [2.45, 2.75) is 51.5 Å². The van der Waals surface area contributed by atoms with Crippen molar-refractivity contribution in [1.29, 1.82) is 0 Å². The maximum Gasteiger partial charge on any atom is 0.227 e. The molecular formula is C20H27ClN4O2. The molecule has 1 N–H and O–H groups in total. The number of rotatable bonds is 7. The van der Waals surface area contributed by atoms with Crippen LogP contribution in [0.5, 0.6) is 0 Å². The first-order valence-electron chi connectivity index (χ1n) is 9.54. The summed E-state index contributed by atoms with van der Waals surface area (Å²) in [5.41, 5.74) is 0.810. The lowest BCUT2D eigenvalue weighted by molar-refractivity contribution is -0.121. The fourth-order valence-electron chi connectivity index (χ4n) is 3.31. The maximum absolute atomic E-state index is 12.2. The van der Waals surface area contributed by atoms with E-state index < -0.39 is 0 Å². The molecule has 2 heterocycles. The Morgan fingerprint density at radius 2 is 1.93 bits per heavy atom. The Kier molecular flexibility index (Phi) is 6.50. The summed E-state index contributed by atoms with van der Waals surface area (Å²) in [6.45, 7) is 7.24. The molecule has 1 saturated heterocycles. The van der Waals surface area contributed by atoms with Crippen LogP contribution in [0.1, 0.15) is 45.4 Å². The van der Waals surface area contributed by atoms with E-state index in [9.17, 15) is 4.79 Å². The van der Waals surface area contributed by atoms with Gasteiger partial charge in [-0.1, -0.05) is 23.2 Å². The smallest absolute Gasteiger partial charge is 0.227 e. The van der Waals surface area contributed by atoms with Crippen LogP contribution < -0.4 is 5.32 Å². The molecule has 3 rings (SSSR count). The van der Waals surface area contributed by atoms with Gasteiger partial charge in [-0.05, 0) is 64.0 Å². The van der Waals surface area contributed by atoms with Crippen LogP contribution in [0, 0.1) is 0 Å². The quantitative estimate of drug-likeness (QED) is 0.780. The van der Waals surface area contributed by atoms with Crippen LogP contribution in [-0.4, -0.2) is 46.1 Å². The van der Waals surface area contributed by atoms with Crippen LogP contribution in [0.3, 0.4) is 0 Å². The van der Waals surface area contributed by atoms with Gasteiger partial charge in [0.2, 0.25) is 17.6 Å². The molecule has 0 unspecified atom stereocenters. The zero-order valence-corrected chi connectivity index (χ0v) is 16.8. The van der Waals surface area contributed by atoms with Gasteiger partial charge in [-0.2, -0.15) is 4.98 Å². The highest BCUT2D eigenvalue weighted by molar-refractivity contribution is 6.30. The predicted molar refractivity (Wildman–Crippen MR) is 106 cm³/mol. The summed E-state index contributed by atoms with van der Waals surface area (Å²) in [6.07, 6.45) is 4.55. The molecule has 1 amide bonds. The molecular weight excluding hydrogens is 364 g/mol. The van der Waals surface area contributed by atoms with Crippen molar-refractivity contribution in [3.05, 3.63) is 35.2 Å². The zero-order chi connectivity index (χ0) is 19.3. The second kappa shape index (κ2) is 8.85. The van der Waals surface area contributed by atoms with Crippen molar-refractivity contribution in [2.75, 3.05) is 19.6 Å². The molecule has 1 aromatic heterocycles. The lowest BCUT2D eigenvalue weighted by atomic mass is 9.98. The summed E-state index contributed by atoms with van der Waals surface area (Å²) in [4.78, 5) is 19.0. The molecule has 6 nitrogen and oxygen atoms in total. The van der Waals surface area contributed by atoms with Crippen LogP contribution in [0.4, 0.5) is 0 Å². The third-order valence-electron chi connectivity index (χ3n) is 5.07. The molecule has 1 fully saturated rings. The molecule has 0 spiro atoms. The maximum atomic E-state index is 12.2. The van der Waals surface area contributed by atoms with E-state index in [2.05, 4.69) is 34.2 Å². The molecule has 7 heteroatoms. The van der Waals surface area contributed by atoms with Crippen LogP contribution in [0.15, 0.2) is 28.8 Å². The van der Waals surface area contributed by atoms with Crippen molar-refractivity contribution in [2.24, 2.45) is 0 Å². The Bertz CT molecular complexity index is 752. The van der Waals surface area contributed by atoms with Crippen molar-refractivity contribution >= 4 is 17.5 Å². The predicted octanol–water partition coefficient (Wildman–Crippen LogP) is 3.70. The van der Waals surface area contributed by atoms with Gasteiger partial charge in [0.15, 0.2) is 0 Å². The summed E-state index contributed by atoms with van der Waals surface area (Å²) in [6, 6.07) is 7.24. The minimum atomic E-state index is -0.0255. The normalized spacial score (nSPS) is 15.7. The van der Waals surface area contributed by atoms with E-state index in [1.807, 2.05) is 12.1 Å². The Morgan fingerprint density at radius 1 is 1.22 bits per heavy atom. The lowest BCUT2D eigenvalue weighted by Gasteiger charge is -2.41. The molecule has 2 aromatic rings. The molecule has 146 valence electrons. The summed E-state index contributed by atoms with van der Waals surface area (Å²) in [5, 5.41) is 7.68. The SMILES string of the molecule is CC(C)(CNC(=O)CCc1nc(-c2ccc(Cl)cc2)no1)N1CCCCC1. The third-order valence-corrected chi connectivity index (χ3v) is 5.32. The van der Waals surface area contributed by atoms with E-state index >= 15 is 0 Å². The molecule has 0 saturated carbocycles. The number of aryl methyl sites for hydroxylation is 1. The summed E-state index contributed by atoms with van der Waals surface area (Å²) < 4.78 is 5.26. The van der Waals surface area contributed by atoms with Crippen molar-refractivity contribution in [3.63, 3.8) is 0 Å². The summed E-state index contributed by atoms with van der Waals surface area (Å²) in [5.74, 6) is 0.977. The standard InChI is InChI=1S/C20H27ClN4O2/c1-20(2,25-12-4-3-5-13-25)14-22-17(26)10-11-18-23-19(24-27-18)15-6-8-16(21)9-7-15/h6-9H,3-5,10-14H2,1-2H3,(H,22,26). The lowest BCUT2D eigenvalue weighted by Crippen LogP contribution is -2.53. The van der Waals surface area contributed by atoms with Gasteiger partial charge in [-0.15, -0.1) is 0 Å². The number of aromatic nitrogens is 2. The fourth-order valence-corrected chi connectivity index (χ4v) is 3.43. The number of carbonyl (C=O) groups is 1. The molecule has 1 aliphatic rings. The second-order valence-corrected chi connectivity index (χ2v) is 8.09. The van der Waals surface area contributed by atoms with Crippen LogP contribution in [0.25, 0.3) is 11.4 Å². The molecule has 0 bridgehead atoms. The van der Waals surface area contributed by atoms with E-state index in [1.54, 1.807) is 12.1 Å². The van der Waals surface area contributed by atoms with E-state index in [1.165, 1.54) is 19.3 Å². The molecule has 0 radical (unpaired) electrons. The van der Waals surface area contributed by atoms with Crippen molar-refractivity contribution in [1.82, 2.24) is 20.4 Å². The highest BCUT2D eigenvalue weighted by Gasteiger charge is 2.28. The number of likely N-dealkylation sites (tertiary alicyclic amines) is 1. The first-order chi connectivity index (χ1) is 12.9. The molecule has 0 aliphatic carbocycles. The van der Waals surface area contributed by atoms with E-state index in [-0.39, 0.29) is 11.4 Å². The number of hydrogen-bond acceptors (Lipinski definition) is 5. The van der Waals surface area contributed by atoms with Gasteiger partial charge in [0.05, 0.1) is 0 Å². The average Bonchev–Trinajstić information content (AvgIpc) is 3.15. The minimum absolute atomic E-state index is 0.00586. The van der Waals surface area contributed by atoms with Gasteiger partial charge in [0.1, 0.15) is 0 Å². The van der Waals surface area contributed by atoms with Crippen LogP contribution in [-0.2, 0) is 11.2 Å². The number of benzene rings is 1. The number of amides is 1. The summed E-state index contributed by atoms with van der Waals surface area (Å²) in [7, 11) is 0. The Labute approximate surface area is 165 Å². The number of carbonyl (C=O) groups excluding carboxylic acids is 1. The van der Waals surface area contributed by atoms with Gasteiger partial charge in [-0.3, -0.25) is 9.69 Å². The molecule has 1 aromatic carbocycles. The molecule has 1 aliphatic heterocycles. The van der Waals surface area contributed by atoms with E-state index in [4.69, 9.17) is 16.1 Å². The number of halogens is 1. The van der Waals surface area contributed by atoms with Crippen LogP contribution in [0.2, 0.25) is 5.02 Å². The fraction of sp³-hybridized carbons (Fsp3) is 0.550. The molecule has 0 atom stereocenters. The van der Waals surface area contributed by atoms with Crippen molar-refractivity contribution < 1.29 is 9.32 Å². The van der Waals surface area contributed by atoms with E-state index in [0.29, 0.717) is 36.1 Å². The Morgan fingerprint density at radius 3 is 2.63 bits per heavy atom. The number of nitrogens with one attached hydrogen (secondary N) is 1. The topological polar surface area (TPSA) is 71.3 Å². The Balaban J connectivity index is 1.46. The monoisotopic (exact) mass is 390 g/mol. The van der Waals surface area contributed by atoms with Gasteiger partial charge >= 0.3 is 0 Å². The second-order valence-electron chi connectivity index (χ2n) is 7.66. The van der Waals surface area contributed by atoms with Crippen molar-refractivity contribution in [3.8, 4) is 11.4 Å². The first kappa shape index (κ1) is 19.8. The van der Waals surface area contributed by atoms with Gasteiger partial charge in [-0.25, -0.2) is 0 Å². The number of hydrogen-bond donors (Lipinski definition) is 1. The third kappa shape index (κ3) is 5.53. The Hall–Kier alpha value is -1.92. The van der Waals surface area contributed by atoms with Gasteiger partial charge in [0, 0.05) is 35.5 Å². The highest BCUT2D eigenvalue weighted by Crippen LogP contribution is 2.20. The van der Waals surface area contributed by atoms with E-state index in [0.717, 1.165) is 18.7 Å². The number of piperidine rings is 1. The van der Waals surface area contributed by atoms with Crippen LogP contribution >= 0.6 is 11.6 Å². The molecule has 27 heavy (non-hydrogen) atoms. The van der Waals surface area contributed by atoms with Gasteiger partial charge in [0.25, 0.3) is 0 Å². The van der Waals surface area contributed by atoms with Gasteiger partial charge < -0.3 is 9.84 Å². The summed E-state index contributed by atoms with van der Waals surface area (Å²) >= 11 is 5.89. The number of nitrogens with zero attached hydrogens (tertiary/aromatic N) is 3. The average molecular weight is 391 g/mol. The largest absolute Gasteiger partial charge is 0.354 e. The first-order valence-corrected chi connectivity index (χ1v) is 9.92.